The lowest BCUT2D eigenvalue weighted by atomic mass is 10.1. The molecule has 0 radical (unpaired) electrons. The Morgan fingerprint density at radius 3 is 2.66 bits per heavy atom. The Balaban J connectivity index is 1.56. The molecule has 0 aliphatic heterocycles. The highest BCUT2D eigenvalue weighted by Gasteiger charge is 2.22. The molecule has 0 bridgehead atoms. The fourth-order valence-corrected chi connectivity index (χ4v) is 3.96. The molecule has 0 saturated carbocycles. The molecule has 1 atom stereocenters. The van der Waals surface area contributed by atoms with Gasteiger partial charge in [-0.05, 0) is 35.9 Å². The quantitative estimate of drug-likeness (QED) is 0.329. The van der Waals surface area contributed by atoms with Gasteiger partial charge < -0.3 is 19.7 Å². The number of amides is 2. The van der Waals surface area contributed by atoms with Gasteiger partial charge in [0.1, 0.15) is 18.2 Å². The highest BCUT2D eigenvalue weighted by molar-refractivity contribution is 6.31. The van der Waals surface area contributed by atoms with Crippen LogP contribution in [-0.2, 0) is 25.5 Å². The molecular weight excluding hydrogens is 515 g/mol. The van der Waals surface area contributed by atoms with Crippen LogP contribution < -0.4 is 10.6 Å². The van der Waals surface area contributed by atoms with Crippen molar-refractivity contribution in [1.82, 2.24) is 15.2 Å². The van der Waals surface area contributed by atoms with Crippen LogP contribution in [0.25, 0.3) is 10.8 Å². The fraction of sp³-hybridized carbons (Fsp3) is 0.333. The first-order valence-electron chi connectivity index (χ1n) is 12.0. The maximum absolute atomic E-state index is 13.7. The van der Waals surface area contributed by atoms with E-state index in [0.29, 0.717) is 24.2 Å². The van der Waals surface area contributed by atoms with E-state index in [1.54, 1.807) is 31.4 Å². The molecule has 1 aromatic heterocycles. The number of ether oxygens (including phenoxy) is 2. The van der Waals surface area contributed by atoms with Crippen molar-refractivity contribution in [1.29, 1.82) is 0 Å². The van der Waals surface area contributed by atoms with E-state index in [4.69, 9.17) is 16.3 Å². The number of aromatic nitrogens is 1. The van der Waals surface area contributed by atoms with Crippen LogP contribution in [0, 0.1) is 5.82 Å². The molecule has 3 rings (SSSR count). The van der Waals surface area contributed by atoms with E-state index in [9.17, 15) is 18.8 Å². The van der Waals surface area contributed by atoms with E-state index in [-0.39, 0.29) is 37.0 Å². The molecule has 0 spiro atoms. The van der Waals surface area contributed by atoms with Crippen molar-refractivity contribution in [3.63, 3.8) is 0 Å². The Labute approximate surface area is 225 Å². The summed E-state index contributed by atoms with van der Waals surface area (Å²) in [4.78, 5) is 42.5. The van der Waals surface area contributed by atoms with Gasteiger partial charge in [0.25, 0.3) is 0 Å². The van der Waals surface area contributed by atoms with Crippen molar-refractivity contribution in [2.75, 3.05) is 39.2 Å². The van der Waals surface area contributed by atoms with Crippen molar-refractivity contribution in [3.8, 4) is 0 Å². The average molecular weight is 545 g/mol. The number of nitrogens with one attached hydrogen (secondary N) is 2. The molecule has 11 heteroatoms. The molecule has 2 N–H and O–H groups in total. The Kier molecular flexibility index (Phi) is 10.8. The number of anilines is 1. The Morgan fingerprint density at radius 1 is 1.13 bits per heavy atom. The third-order valence-electron chi connectivity index (χ3n) is 5.95. The van der Waals surface area contributed by atoms with E-state index in [2.05, 4.69) is 20.4 Å². The normalized spacial score (nSPS) is 11.6. The van der Waals surface area contributed by atoms with Gasteiger partial charge in [-0.1, -0.05) is 48.0 Å². The van der Waals surface area contributed by atoms with Crippen LogP contribution >= 0.6 is 11.6 Å². The molecule has 0 unspecified atom stereocenters. The third-order valence-corrected chi connectivity index (χ3v) is 6.38. The standard InChI is InChI=1S/C27H30ClFN4O5/c1-33(24(34)12-6-10-18-9-5-11-22(29)26(18)28)21(15-30-16-25(35)37-2)17-38-27(36)32-23-13-19-7-3-4-8-20(19)14-31-23/h3-5,7-9,11,13-14,21,30H,6,10,12,15-17H2,1-2H3,(H,31,32,36)/t21-/m0/s1. The van der Waals surface area contributed by atoms with Crippen LogP contribution in [0.2, 0.25) is 5.02 Å². The second kappa shape index (κ2) is 14.3. The summed E-state index contributed by atoms with van der Waals surface area (Å²) in [5.74, 6) is -0.846. The number of carbonyl (C=O) groups is 3. The maximum Gasteiger partial charge on any atom is 0.412 e. The first-order chi connectivity index (χ1) is 18.3. The highest BCUT2D eigenvalue weighted by atomic mass is 35.5. The highest BCUT2D eigenvalue weighted by Crippen LogP contribution is 2.21. The molecule has 2 amide bonds. The number of benzene rings is 2. The minimum Gasteiger partial charge on any atom is -0.468 e. The van der Waals surface area contributed by atoms with E-state index in [1.165, 1.54) is 18.1 Å². The van der Waals surface area contributed by atoms with Gasteiger partial charge in [-0.2, -0.15) is 0 Å². The SMILES string of the molecule is COC(=O)CNC[C@@H](COC(=O)Nc1cc2ccccc2cn1)N(C)C(=O)CCCc1cccc(F)c1Cl. The fourth-order valence-electron chi connectivity index (χ4n) is 3.74. The Bertz CT molecular complexity index is 1280. The average Bonchev–Trinajstić information content (AvgIpc) is 2.92. The number of fused-ring (bicyclic) bond motifs is 1. The number of pyridine rings is 1. The van der Waals surface area contributed by atoms with Crippen LogP contribution in [0.5, 0.6) is 0 Å². The van der Waals surface area contributed by atoms with Crippen molar-refractivity contribution in [2.45, 2.75) is 25.3 Å². The van der Waals surface area contributed by atoms with Gasteiger partial charge in [-0.3, -0.25) is 14.9 Å². The minimum absolute atomic E-state index is 0.0542. The van der Waals surface area contributed by atoms with Gasteiger partial charge in [0.2, 0.25) is 5.91 Å². The van der Waals surface area contributed by atoms with E-state index < -0.39 is 23.9 Å². The zero-order valence-electron chi connectivity index (χ0n) is 21.2. The lowest BCUT2D eigenvalue weighted by molar-refractivity contribution is -0.139. The molecule has 3 aromatic rings. The van der Waals surface area contributed by atoms with Crippen molar-refractivity contribution >= 4 is 46.2 Å². The van der Waals surface area contributed by atoms with E-state index in [1.807, 2.05) is 24.3 Å². The first-order valence-corrected chi connectivity index (χ1v) is 12.4. The molecule has 1 heterocycles. The van der Waals surface area contributed by atoms with Crippen LogP contribution in [0.4, 0.5) is 15.0 Å². The predicted molar refractivity (Wildman–Crippen MR) is 143 cm³/mol. The summed E-state index contributed by atoms with van der Waals surface area (Å²) in [7, 11) is 2.87. The molecule has 202 valence electrons. The molecule has 9 nitrogen and oxygen atoms in total. The summed E-state index contributed by atoms with van der Waals surface area (Å²) in [6.45, 7) is -0.0274. The predicted octanol–water partition coefficient (Wildman–Crippen LogP) is 4.19. The van der Waals surface area contributed by atoms with Crippen LogP contribution in [0.15, 0.2) is 54.7 Å². The number of carbonyl (C=O) groups excluding carboxylic acids is 3. The van der Waals surface area contributed by atoms with E-state index in [0.717, 1.165) is 10.8 Å². The van der Waals surface area contributed by atoms with Gasteiger partial charge in [0.15, 0.2) is 0 Å². The minimum atomic E-state index is -0.729. The summed E-state index contributed by atoms with van der Waals surface area (Å²) >= 11 is 6.00. The second-order valence-electron chi connectivity index (χ2n) is 8.57. The maximum atomic E-state index is 13.7. The monoisotopic (exact) mass is 544 g/mol. The smallest absolute Gasteiger partial charge is 0.412 e. The van der Waals surface area contributed by atoms with Gasteiger partial charge in [-0.25, -0.2) is 14.2 Å². The van der Waals surface area contributed by atoms with Crippen molar-refractivity contribution in [3.05, 3.63) is 71.1 Å². The zero-order valence-corrected chi connectivity index (χ0v) is 22.0. The van der Waals surface area contributed by atoms with Crippen molar-refractivity contribution < 1.29 is 28.2 Å². The Morgan fingerprint density at radius 2 is 1.89 bits per heavy atom. The number of likely N-dealkylation sites (N-methyl/N-ethyl adjacent to an activating group) is 1. The first kappa shape index (κ1) is 28.8. The number of halogens is 2. The molecule has 2 aromatic carbocycles. The molecule has 0 aliphatic carbocycles. The van der Waals surface area contributed by atoms with Crippen LogP contribution in [0.1, 0.15) is 18.4 Å². The van der Waals surface area contributed by atoms with Gasteiger partial charge in [-0.15, -0.1) is 0 Å². The number of aryl methyl sites for hydroxylation is 1. The summed E-state index contributed by atoms with van der Waals surface area (Å²) in [6.07, 6.45) is 1.97. The van der Waals surface area contributed by atoms with Crippen LogP contribution in [0.3, 0.4) is 0 Å². The van der Waals surface area contributed by atoms with Gasteiger partial charge in [0.05, 0.1) is 24.7 Å². The second-order valence-corrected chi connectivity index (χ2v) is 8.95. The Hall–Kier alpha value is -3.76. The number of nitrogens with zero attached hydrogens (tertiary/aromatic N) is 2. The number of rotatable bonds is 12. The number of hydrogen-bond acceptors (Lipinski definition) is 7. The molecular formula is C27H30ClFN4O5. The van der Waals surface area contributed by atoms with Crippen molar-refractivity contribution in [2.24, 2.45) is 0 Å². The number of esters is 1. The lowest BCUT2D eigenvalue weighted by Crippen LogP contribution is -2.47. The summed E-state index contributed by atoms with van der Waals surface area (Å²) in [5.41, 5.74) is 0.626. The van der Waals surface area contributed by atoms with Gasteiger partial charge in [0, 0.05) is 31.6 Å². The lowest BCUT2D eigenvalue weighted by Gasteiger charge is -2.28. The molecule has 38 heavy (non-hydrogen) atoms. The molecule has 0 saturated heterocycles. The topological polar surface area (TPSA) is 110 Å². The van der Waals surface area contributed by atoms with E-state index >= 15 is 0 Å². The zero-order chi connectivity index (χ0) is 27.5. The largest absolute Gasteiger partial charge is 0.468 e. The van der Waals surface area contributed by atoms with Gasteiger partial charge >= 0.3 is 12.1 Å². The molecule has 0 aliphatic rings. The number of hydrogen-bond donors (Lipinski definition) is 2. The summed E-state index contributed by atoms with van der Waals surface area (Å²) < 4.78 is 23.7. The summed E-state index contributed by atoms with van der Waals surface area (Å²) in [6, 6.07) is 13.3. The number of methoxy groups -OCH3 is 1. The van der Waals surface area contributed by atoms with Crippen LogP contribution in [-0.4, -0.2) is 67.7 Å². The molecule has 0 fully saturated rings. The summed E-state index contributed by atoms with van der Waals surface area (Å²) in [5, 5.41) is 7.40. The third kappa shape index (κ3) is 8.39.